The van der Waals surface area contributed by atoms with Crippen molar-refractivity contribution in [2.45, 2.75) is 25.9 Å². The van der Waals surface area contributed by atoms with Crippen LogP contribution in [0.15, 0.2) is 12.2 Å². The molecule has 8 heteroatoms. The van der Waals surface area contributed by atoms with Crippen LogP contribution in [0.5, 0.6) is 0 Å². The first-order chi connectivity index (χ1) is 9.45. The Balaban J connectivity index is 1.83. The molecule has 2 rings (SSSR count). The molecule has 0 bridgehead atoms. The Kier molecular flexibility index (Phi) is 4.02. The zero-order valence-corrected chi connectivity index (χ0v) is 11.3. The Bertz CT molecular complexity index is 539. The Morgan fingerprint density at radius 3 is 2.85 bits per heavy atom. The van der Waals surface area contributed by atoms with Gasteiger partial charge in [0.15, 0.2) is 5.82 Å². The molecular formula is C12H17N5O3. The molecule has 0 fully saturated rings. The second-order valence-electron chi connectivity index (χ2n) is 4.81. The van der Waals surface area contributed by atoms with Crippen molar-refractivity contribution in [3.63, 3.8) is 0 Å². The van der Waals surface area contributed by atoms with Crippen LogP contribution in [0.3, 0.4) is 0 Å². The predicted molar refractivity (Wildman–Crippen MR) is 69.8 cm³/mol. The molecule has 1 aromatic rings. The number of hydrogen-bond acceptors (Lipinski definition) is 4. The van der Waals surface area contributed by atoms with Gasteiger partial charge in [-0.05, 0) is 13.3 Å². The van der Waals surface area contributed by atoms with Crippen LogP contribution in [-0.4, -0.2) is 50.3 Å². The Labute approximate surface area is 115 Å². The molecule has 1 heterocycles. The van der Waals surface area contributed by atoms with Gasteiger partial charge in [0, 0.05) is 7.05 Å². The van der Waals surface area contributed by atoms with Crippen LogP contribution >= 0.6 is 0 Å². The van der Waals surface area contributed by atoms with Gasteiger partial charge in [-0.25, -0.2) is 9.78 Å². The van der Waals surface area contributed by atoms with Gasteiger partial charge in [-0.2, -0.15) is 5.10 Å². The van der Waals surface area contributed by atoms with Crippen LogP contribution in [0.25, 0.3) is 0 Å². The molecule has 1 aliphatic carbocycles. The van der Waals surface area contributed by atoms with E-state index < -0.39 is 11.9 Å². The Morgan fingerprint density at radius 1 is 1.55 bits per heavy atom. The molecule has 2 amide bonds. The third-order valence-electron chi connectivity index (χ3n) is 3.08. The number of aromatic nitrogens is 3. The van der Waals surface area contributed by atoms with E-state index in [0.717, 1.165) is 0 Å². The number of carboxylic acid groups (broad SMARTS) is 1. The number of aliphatic carboxylic acids is 1. The topological polar surface area (TPSA) is 111 Å². The molecule has 0 radical (unpaired) electrons. The fourth-order valence-corrected chi connectivity index (χ4v) is 2.00. The minimum Gasteiger partial charge on any atom is -0.481 e. The molecule has 0 saturated heterocycles. The van der Waals surface area contributed by atoms with Gasteiger partial charge in [-0.15, -0.1) is 0 Å². The minimum absolute atomic E-state index is 0.250. The average Bonchev–Trinajstić information content (AvgIpc) is 2.98. The van der Waals surface area contributed by atoms with E-state index >= 15 is 0 Å². The van der Waals surface area contributed by atoms with Gasteiger partial charge in [0.1, 0.15) is 5.82 Å². The van der Waals surface area contributed by atoms with Crippen LogP contribution in [-0.2, 0) is 11.3 Å². The lowest BCUT2D eigenvalue weighted by Gasteiger charge is -2.19. The van der Waals surface area contributed by atoms with Gasteiger partial charge in [-0.3, -0.25) is 9.89 Å². The van der Waals surface area contributed by atoms with Crippen molar-refractivity contribution in [1.29, 1.82) is 0 Å². The van der Waals surface area contributed by atoms with Crippen molar-refractivity contribution in [2.75, 3.05) is 7.05 Å². The van der Waals surface area contributed by atoms with Crippen LogP contribution < -0.4 is 5.32 Å². The highest BCUT2D eigenvalue weighted by Gasteiger charge is 2.26. The molecular weight excluding hydrogens is 262 g/mol. The molecule has 0 aromatic carbocycles. The monoisotopic (exact) mass is 279 g/mol. The summed E-state index contributed by atoms with van der Waals surface area (Å²) in [4.78, 5) is 28.3. The second kappa shape index (κ2) is 5.72. The third-order valence-corrected chi connectivity index (χ3v) is 3.08. The minimum atomic E-state index is -0.873. The van der Waals surface area contributed by atoms with Crippen molar-refractivity contribution < 1.29 is 14.7 Å². The highest BCUT2D eigenvalue weighted by Crippen LogP contribution is 2.18. The molecule has 0 aliphatic heterocycles. The van der Waals surface area contributed by atoms with Gasteiger partial charge in [0.2, 0.25) is 0 Å². The number of hydrogen-bond donors (Lipinski definition) is 3. The van der Waals surface area contributed by atoms with Crippen molar-refractivity contribution in [3.8, 4) is 0 Å². The van der Waals surface area contributed by atoms with Gasteiger partial charge in [-0.1, -0.05) is 12.2 Å². The molecule has 3 N–H and O–H groups in total. The molecule has 2 atom stereocenters. The summed E-state index contributed by atoms with van der Waals surface area (Å²) in [6, 6.07) is -0.534. The normalized spacial score (nSPS) is 20.9. The van der Waals surface area contributed by atoms with Gasteiger partial charge in [0.25, 0.3) is 0 Å². The van der Waals surface area contributed by atoms with E-state index in [9.17, 15) is 9.59 Å². The summed E-state index contributed by atoms with van der Waals surface area (Å²) in [5, 5.41) is 18.3. The maximum absolute atomic E-state index is 12.0. The Morgan fingerprint density at radius 2 is 2.30 bits per heavy atom. The van der Waals surface area contributed by atoms with Gasteiger partial charge in [0.05, 0.1) is 18.5 Å². The lowest BCUT2D eigenvalue weighted by atomic mass is 10.1. The lowest BCUT2D eigenvalue weighted by molar-refractivity contribution is -0.140. The zero-order valence-electron chi connectivity index (χ0n) is 11.3. The SMILES string of the molecule is Cc1nc(CN(C)C(=O)NC2C=CC(C(=O)O)C2)n[nH]1. The van der Waals surface area contributed by atoms with Crippen molar-refractivity contribution >= 4 is 12.0 Å². The van der Waals surface area contributed by atoms with E-state index in [-0.39, 0.29) is 18.6 Å². The molecule has 0 spiro atoms. The summed E-state index contributed by atoms with van der Waals surface area (Å²) >= 11 is 0. The Hall–Kier alpha value is -2.38. The van der Waals surface area contributed by atoms with Crippen LogP contribution in [0.4, 0.5) is 4.79 Å². The number of aryl methyl sites for hydroxylation is 1. The smallest absolute Gasteiger partial charge is 0.318 e. The number of carboxylic acids is 1. The van der Waals surface area contributed by atoms with E-state index in [4.69, 9.17) is 5.11 Å². The number of urea groups is 1. The average molecular weight is 279 g/mol. The van der Waals surface area contributed by atoms with E-state index in [0.29, 0.717) is 18.1 Å². The van der Waals surface area contributed by atoms with Gasteiger partial charge < -0.3 is 15.3 Å². The number of carbonyl (C=O) groups is 2. The maximum Gasteiger partial charge on any atom is 0.318 e. The molecule has 8 nitrogen and oxygen atoms in total. The number of nitrogens with zero attached hydrogens (tertiary/aromatic N) is 3. The van der Waals surface area contributed by atoms with E-state index in [1.807, 2.05) is 0 Å². The zero-order chi connectivity index (χ0) is 14.7. The highest BCUT2D eigenvalue weighted by atomic mass is 16.4. The summed E-state index contributed by atoms with van der Waals surface area (Å²) < 4.78 is 0. The van der Waals surface area contributed by atoms with Crippen molar-refractivity contribution in [3.05, 3.63) is 23.8 Å². The fourth-order valence-electron chi connectivity index (χ4n) is 2.00. The molecule has 2 unspecified atom stereocenters. The number of amides is 2. The summed E-state index contributed by atoms with van der Waals surface area (Å²) in [6.07, 6.45) is 3.70. The first-order valence-electron chi connectivity index (χ1n) is 6.26. The molecule has 20 heavy (non-hydrogen) atoms. The second-order valence-corrected chi connectivity index (χ2v) is 4.81. The largest absolute Gasteiger partial charge is 0.481 e. The number of H-pyrrole nitrogens is 1. The van der Waals surface area contributed by atoms with E-state index in [2.05, 4.69) is 20.5 Å². The van der Waals surface area contributed by atoms with Crippen molar-refractivity contribution in [1.82, 2.24) is 25.4 Å². The van der Waals surface area contributed by atoms with Crippen LogP contribution in [0.2, 0.25) is 0 Å². The van der Waals surface area contributed by atoms with E-state index in [1.165, 1.54) is 4.90 Å². The van der Waals surface area contributed by atoms with Crippen LogP contribution in [0, 0.1) is 12.8 Å². The summed E-state index contributed by atoms with van der Waals surface area (Å²) in [5.74, 6) is -0.175. The number of carbonyl (C=O) groups excluding carboxylic acids is 1. The highest BCUT2D eigenvalue weighted by molar-refractivity contribution is 5.76. The maximum atomic E-state index is 12.0. The first-order valence-corrected chi connectivity index (χ1v) is 6.26. The third kappa shape index (κ3) is 3.34. The fraction of sp³-hybridized carbons (Fsp3) is 0.500. The van der Waals surface area contributed by atoms with E-state index in [1.54, 1.807) is 26.1 Å². The van der Waals surface area contributed by atoms with Gasteiger partial charge >= 0.3 is 12.0 Å². The predicted octanol–water partition coefficient (Wildman–Crippen LogP) is 0.284. The standard InChI is InChI=1S/C12H17N5O3/c1-7-13-10(16-15-7)6-17(2)12(20)14-9-4-3-8(5-9)11(18)19/h3-4,8-9H,5-6H2,1-2H3,(H,14,20)(H,18,19)(H,13,15,16). The summed E-state index contributed by atoms with van der Waals surface area (Å²) in [7, 11) is 1.63. The molecule has 1 aromatic heterocycles. The summed E-state index contributed by atoms with van der Waals surface area (Å²) in [6.45, 7) is 2.07. The molecule has 0 saturated carbocycles. The lowest BCUT2D eigenvalue weighted by Crippen LogP contribution is -2.42. The number of aromatic amines is 1. The molecule has 1 aliphatic rings. The van der Waals surface area contributed by atoms with Crippen molar-refractivity contribution in [2.24, 2.45) is 5.92 Å². The molecule has 108 valence electrons. The first kappa shape index (κ1) is 14.0. The quantitative estimate of drug-likeness (QED) is 0.686. The van der Waals surface area contributed by atoms with Crippen LogP contribution in [0.1, 0.15) is 18.1 Å². The number of rotatable bonds is 4. The summed E-state index contributed by atoms with van der Waals surface area (Å²) in [5.41, 5.74) is 0. The number of nitrogens with one attached hydrogen (secondary N) is 2.